The van der Waals surface area contributed by atoms with Gasteiger partial charge >= 0.3 is 5.97 Å². The summed E-state index contributed by atoms with van der Waals surface area (Å²) in [7, 11) is -3.54. The van der Waals surface area contributed by atoms with Crippen molar-refractivity contribution in [3.05, 3.63) is 24.3 Å². The first-order valence-electron chi connectivity index (χ1n) is 10.7. The summed E-state index contributed by atoms with van der Waals surface area (Å²) >= 11 is 0. The van der Waals surface area contributed by atoms with E-state index in [1.54, 1.807) is 17.0 Å². The Morgan fingerprint density at radius 1 is 1.10 bits per heavy atom. The van der Waals surface area contributed by atoms with Crippen molar-refractivity contribution in [1.82, 2.24) is 9.21 Å². The highest BCUT2D eigenvalue weighted by molar-refractivity contribution is 7.89. The lowest BCUT2D eigenvalue weighted by Gasteiger charge is -2.31. The van der Waals surface area contributed by atoms with Gasteiger partial charge in [-0.2, -0.15) is 4.31 Å². The van der Waals surface area contributed by atoms with Gasteiger partial charge in [-0.15, -0.1) is 0 Å². The molecule has 1 unspecified atom stereocenters. The number of ether oxygens (including phenoxy) is 3. The fourth-order valence-electron chi connectivity index (χ4n) is 3.68. The van der Waals surface area contributed by atoms with Gasteiger partial charge in [-0.3, -0.25) is 9.59 Å². The van der Waals surface area contributed by atoms with Crippen LogP contribution in [-0.2, 0) is 29.1 Å². The third-order valence-corrected chi connectivity index (χ3v) is 7.35. The molecule has 0 aliphatic carbocycles. The summed E-state index contributed by atoms with van der Waals surface area (Å²) in [5.41, 5.74) is 0. The van der Waals surface area contributed by atoms with Crippen LogP contribution < -0.4 is 4.74 Å². The molecule has 9 nitrogen and oxygen atoms in total. The van der Waals surface area contributed by atoms with Crippen LogP contribution in [0.2, 0.25) is 0 Å². The molecule has 10 heteroatoms. The van der Waals surface area contributed by atoms with Crippen LogP contribution in [0.5, 0.6) is 5.75 Å². The Morgan fingerprint density at radius 2 is 1.81 bits per heavy atom. The fourth-order valence-corrected chi connectivity index (χ4v) is 5.09. The molecule has 2 heterocycles. The van der Waals surface area contributed by atoms with Gasteiger partial charge in [-0.1, -0.05) is 6.92 Å². The number of benzene rings is 1. The van der Waals surface area contributed by atoms with Gasteiger partial charge in [0.1, 0.15) is 19.0 Å². The molecule has 172 valence electrons. The average molecular weight is 455 g/mol. The van der Waals surface area contributed by atoms with Crippen LogP contribution in [0.15, 0.2) is 29.2 Å². The molecule has 31 heavy (non-hydrogen) atoms. The molecule has 2 aliphatic rings. The first-order valence-corrected chi connectivity index (χ1v) is 12.1. The Bertz CT molecular complexity index is 851. The summed E-state index contributed by atoms with van der Waals surface area (Å²) in [6.45, 7) is 4.64. The van der Waals surface area contributed by atoms with Crippen molar-refractivity contribution in [2.45, 2.75) is 31.1 Å². The highest BCUT2D eigenvalue weighted by Crippen LogP contribution is 2.21. The summed E-state index contributed by atoms with van der Waals surface area (Å²) < 4.78 is 42.7. The van der Waals surface area contributed by atoms with E-state index in [1.807, 2.05) is 6.92 Å². The van der Waals surface area contributed by atoms with Crippen molar-refractivity contribution in [1.29, 1.82) is 0 Å². The van der Waals surface area contributed by atoms with E-state index in [4.69, 9.17) is 14.2 Å². The topological polar surface area (TPSA) is 102 Å². The van der Waals surface area contributed by atoms with Crippen LogP contribution in [0, 0.1) is 5.92 Å². The highest BCUT2D eigenvalue weighted by atomic mass is 32.2. The maximum atomic E-state index is 12.6. The van der Waals surface area contributed by atoms with Crippen molar-refractivity contribution < 1.29 is 32.2 Å². The van der Waals surface area contributed by atoms with E-state index in [0.717, 1.165) is 6.42 Å². The second-order valence-corrected chi connectivity index (χ2v) is 9.47. The predicted octanol–water partition coefficient (Wildman–Crippen LogP) is 1.28. The molecule has 1 aromatic carbocycles. The molecule has 0 aromatic heterocycles. The summed E-state index contributed by atoms with van der Waals surface area (Å²) in [4.78, 5) is 26.0. The Kier molecular flexibility index (Phi) is 8.28. The predicted molar refractivity (Wildman–Crippen MR) is 112 cm³/mol. The van der Waals surface area contributed by atoms with E-state index >= 15 is 0 Å². The number of hydrogen-bond acceptors (Lipinski definition) is 7. The molecule has 3 rings (SSSR count). The van der Waals surface area contributed by atoms with E-state index in [0.29, 0.717) is 58.0 Å². The monoisotopic (exact) mass is 454 g/mol. The number of carbonyl (C=O) groups excluding carboxylic acids is 2. The van der Waals surface area contributed by atoms with Gasteiger partial charge in [0.25, 0.3) is 0 Å². The van der Waals surface area contributed by atoms with Gasteiger partial charge in [0, 0.05) is 32.6 Å². The number of hydrogen-bond donors (Lipinski definition) is 0. The lowest BCUT2D eigenvalue weighted by molar-refractivity contribution is -0.152. The van der Waals surface area contributed by atoms with E-state index in [2.05, 4.69) is 0 Å². The molecule has 2 saturated heterocycles. The van der Waals surface area contributed by atoms with Gasteiger partial charge in [-0.05, 0) is 37.1 Å². The van der Waals surface area contributed by atoms with Crippen molar-refractivity contribution in [2.24, 2.45) is 5.92 Å². The zero-order valence-electron chi connectivity index (χ0n) is 17.8. The number of morpholine rings is 1. The smallest absolute Gasteiger partial charge is 0.310 e. The Labute approximate surface area is 183 Å². The Balaban J connectivity index is 1.42. The van der Waals surface area contributed by atoms with Crippen LogP contribution in [0.25, 0.3) is 0 Å². The van der Waals surface area contributed by atoms with Crippen molar-refractivity contribution in [3.63, 3.8) is 0 Å². The summed E-state index contributed by atoms with van der Waals surface area (Å²) in [6.07, 6.45) is 1.94. The zero-order chi connectivity index (χ0) is 22.3. The van der Waals surface area contributed by atoms with Gasteiger partial charge < -0.3 is 19.1 Å². The second kappa shape index (κ2) is 10.9. The van der Waals surface area contributed by atoms with Gasteiger partial charge in [0.15, 0.2) is 0 Å². The molecule has 1 atom stereocenters. The molecule has 0 bridgehead atoms. The van der Waals surface area contributed by atoms with Crippen LogP contribution >= 0.6 is 0 Å². The van der Waals surface area contributed by atoms with E-state index < -0.39 is 10.0 Å². The third kappa shape index (κ3) is 6.18. The van der Waals surface area contributed by atoms with Crippen molar-refractivity contribution >= 4 is 21.9 Å². The normalized spacial score (nSPS) is 20.3. The van der Waals surface area contributed by atoms with Gasteiger partial charge in [-0.25, -0.2) is 8.42 Å². The maximum absolute atomic E-state index is 12.6. The van der Waals surface area contributed by atoms with Gasteiger partial charge in [0.05, 0.1) is 24.0 Å². The molecule has 0 saturated carbocycles. The minimum Gasteiger partial charge on any atom is -0.490 e. The number of rotatable bonds is 8. The number of nitrogens with zero attached hydrogens (tertiary/aromatic N) is 2. The molecular weight excluding hydrogens is 424 g/mol. The Morgan fingerprint density at radius 3 is 2.48 bits per heavy atom. The SMILES string of the molecule is CCC(=O)N1CCCC(C(=O)OCCOc2ccc(S(=O)(=O)N3CCOCC3)cc2)C1. The zero-order valence-corrected chi connectivity index (χ0v) is 18.6. The summed E-state index contributed by atoms with van der Waals surface area (Å²) in [5.74, 6) is -0.0626. The number of piperidine rings is 1. The number of esters is 1. The maximum Gasteiger partial charge on any atom is 0.310 e. The molecule has 2 fully saturated rings. The van der Waals surface area contributed by atoms with E-state index in [-0.39, 0.29) is 35.9 Å². The minimum absolute atomic E-state index is 0.0555. The minimum atomic E-state index is -3.54. The standard InChI is InChI=1S/C21H30N2O7S/c1-2-20(24)22-9-3-4-17(16-22)21(25)30-15-14-29-18-5-7-19(8-6-18)31(26,27)23-10-12-28-13-11-23/h5-8,17H,2-4,9-16H2,1H3. The first kappa shape index (κ1) is 23.5. The number of likely N-dealkylation sites (tertiary alicyclic amines) is 1. The lowest BCUT2D eigenvalue weighted by atomic mass is 9.98. The largest absolute Gasteiger partial charge is 0.490 e. The molecule has 1 amide bonds. The quantitative estimate of drug-likeness (QED) is 0.431. The van der Waals surface area contributed by atoms with E-state index in [1.165, 1.54) is 16.4 Å². The molecule has 1 aromatic rings. The van der Waals surface area contributed by atoms with Crippen molar-refractivity contribution in [2.75, 3.05) is 52.6 Å². The van der Waals surface area contributed by atoms with Crippen LogP contribution in [-0.4, -0.2) is 82.1 Å². The van der Waals surface area contributed by atoms with E-state index in [9.17, 15) is 18.0 Å². The molecule has 2 aliphatic heterocycles. The van der Waals surface area contributed by atoms with Gasteiger partial charge in [0.2, 0.25) is 15.9 Å². The molecule has 0 radical (unpaired) electrons. The van der Waals surface area contributed by atoms with Crippen LogP contribution in [0.4, 0.5) is 0 Å². The second-order valence-electron chi connectivity index (χ2n) is 7.54. The molecule has 0 spiro atoms. The Hall–Kier alpha value is -2.17. The third-order valence-electron chi connectivity index (χ3n) is 5.44. The molecular formula is C21H30N2O7S. The number of sulfonamides is 1. The highest BCUT2D eigenvalue weighted by Gasteiger charge is 2.29. The lowest BCUT2D eigenvalue weighted by Crippen LogP contribution is -2.42. The number of carbonyl (C=O) groups is 2. The summed E-state index contributed by atoms with van der Waals surface area (Å²) in [5, 5.41) is 0. The summed E-state index contributed by atoms with van der Waals surface area (Å²) in [6, 6.07) is 6.19. The first-order chi connectivity index (χ1) is 14.9. The molecule has 0 N–H and O–H groups in total. The average Bonchev–Trinajstić information content (AvgIpc) is 2.82. The van der Waals surface area contributed by atoms with Crippen molar-refractivity contribution in [3.8, 4) is 5.75 Å². The number of amides is 1. The fraction of sp³-hybridized carbons (Fsp3) is 0.619. The van der Waals surface area contributed by atoms with Crippen LogP contribution in [0.3, 0.4) is 0 Å². The van der Waals surface area contributed by atoms with Crippen LogP contribution in [0.1, 0.15) is 26.2 Å².